The maximum absolute atomic E-state index is 13.4. The Hall–Kier alpha value is -2.83. The Morgan fingerprint density at radius 3 is 2.73 bits per heavy atom. The third-order valence-corrected chi connectivity index (χ3v) is 4.93. The monoisotopic (exact) mass is 356 g/mol. The molecule has 0 amide bonds. The van der Waals surface area contributed by atoms with Gasteiger partial charge in [-0.25, -0.2) is 8.78 Å². The van der Waals surface area contributed by atoms with Crippen molar-refractivity contribution in [2.75, 3.05) is 11.9 Å². The van der Waals surface area contributed by atoms with Crippen molar-refractivity contribution in [3.63, 3.8) is 0 Å². The number of aromatic nitrogens is 3. The number of phenolic OH excluding ortho intramolecular Hbond substituents is 1. The van der Waals surface area contributed by atoms with Crippen molar-refractivity contribution in [3.8, 4) is 17.0 Å². The van der Waals surface area contributed by atoms with E-state index < -0.39 is 5.92 Å². The van der Waals surface area contributed by atoms with Crippen LogP contribution in [0.3, 0.4) is 0 Å². The summed E-state index contributed by atoms with van der Waals surface area (Å²) in [5.74, 6) is -1.99. The lowest BCUT2D eigenvalue weighted by Crippen LogP contribution is -2.31. The SMILES string of the molecule is CN(c1ccc(-c2cc3cccnc3cc2O)nn1)[C@@H]1CCC(F)(F)C1. The van der Waals surface area contributed by atoms with Crippen molar-refractivity contribution in [3.05, 3.63) is 42.6 Å². The van der Waals surface area contributed by atoms with E-state index in [9.17, 15) is 13.9 Å². The molecule has 1 aromatic carbocycles. The number of pyridine rings is 1. The molecule has 1 atom stereocenters. The van der Waals surface area contributed by atoms with Crippen molar-refractivity contribution >= 4 is 16.7 Å². The minimum absolute atomic E-state index is 0.0713. The van der Waals surface area contributed by atoms with Crippen LogP contribution in [0.2, 0.25) is 0 Å². The zero-order valence-electron chi connectivity index (χ0n) is 14.2. The van der Waals surface area contributed by atoms with E-state index in [2.05, 4.69) is 15.2 Å². The number of hydrogen-bond acceptors (Lipinski definition) is 5. The quantitative estimate of drug-likeness (QED) is 0.768. The number of halogens is 2. The highest BCUT2D eigenvalue weighted by Crippen LogP contribution is 2.38. The highest BCUT2D eigenvalue weighted by Gasteiger charge is 2.41. The number of phenols is 1. The first kappa shape index (κ1) is 16.6. The minimum atomic E-state index is -2.60. The Bertz CT molecular complexity index is 946. The number of nitrogens with zero attached hydrogens (tertiary/aromatic N) is 4. The van der Waals surface area contributed by atoms with Crippen molar-refractivity contribution in [1.29, 1.82) is 0 Å². The van der Waals surface area contributed by atoms with E-state index in [4.69, 9.17) is 0 Å². The second-order valence-corrected chi connectivity index (χ2v) is 6.71. The van der Waals surface area contributed by atoms with Crippen LogP contribution in [0.25, 0.3) is 22.2 Å². The summed E-state index contributed by atoms with van der Waals surface area (Å²) in [5.41, 5.74) is 1.77. The van der Waals surface area contributed by atoms with Gasteiger partial charge in [0.05, 0.1) is 11.2 Å². The predicted octanol–water partition coefficient (Wildman–Crippen LogP) is 4.02. The smallest absolute Gasteiger partial charge is 0.250 e. The van der Waals surface area contributed by atoms with Gasteiger partial charge in [-0.2, -0.15) is 0 Å². The molecular weight excluding hydrogens is 338 g/mol. The van der Waals surface area contributed by atoms with Crippen LogP contribution in [0.5, 0.6) is 5.75 Å². The maximum Gasteiger partial charge on any atom is 0.250 e. The number of anilines is 1. The molecule has 1 fully saturated rings. The van der Waals surface area contributed by atoms with Crippen LogP contribution in [0.4, 0.5) is 14.6 Å². The number of fused-ring (bicyclic) bond motifs is 1. The largest absolute Gasteiger partial charge is 0.507 e. The second-order valence-electron chi connectivity index (χ2n) is 6.71. The van der Waals surface area contributed by atoms with E-state index in [-0.39, 0.29) is 24.6 Å². The summed E-state index contributed by atoms with van der Waals surface area (Å²) in [6.07, 6.45) is 1.85. The lowest BCUT2D eigenvalue weighted by Gasteiger charge is -2.25. The molecule has 0 radical (unpaired) electrons. The molecule has 4 rings (SSSR count). The number of alkyl halides is 2. The molecule has 0 spiro atoms. The fraction of sp³-hybridized carbons (Fsp3) is 0.316. The molecular formula is C19H18F2N4O. The molecule has 1 N–H and O–H groups in total. The zero-order valence-corrected chi connectivity index (χ0v) is 14.2. The fourth-order valence-electron chi connectivity index (χ4n) is 3.42. The van der Waals surface area contributed by atoms with Crippen molar-refractivity contribution in [2.24, 2.45) is 0 Å². The van der Waals surface area contributed by atoms with Crippen LogP contribution in [-0.2, 0) is 0 Å². The van der Waals surface area contributed by atoms with Crippen LogP contribution in [-0.4, -0.2) is 39.3 Å². The molecule has 26 heavy (non-hydrogen) atoms. The summed E-state index contributed by atoms with van der Waals surface area (Å²) in [6, 6.07) is 10.4. The lowest BCUT2D eigenvalue weighted by molar-refractivity contribution is 0.00786. The van der Waals surface area contributed by atoms with Gasteiger partial charge in [-0.1, -0.05) is 6.07 Å². The summed E-state index contributed by atoms with van der Waals surface area (Å²) < 4.78 is 26.9. The number of hydrogen-bond donors (Lipinski definition) is 1. The zero-order chi connectivity index (χ0) is 18.3. The van der Waals surface area contributed by atoms with E-state index >= 15 is 0 Å². The highest BCUT2D eigenvalue weighted by molar-refractivity contribution is 5.87. The summed E-state index contributed by atoms with van der Waals surface area (Å²) in [7, 11) is 1.76. The Labute approximate surface area is 149 Å². The van der Waals surface area contributed by atoms with Gasteiger partial charge in [0.15, 0.2) is 5.82 Å². The molecule has 1 saturated carbocycles. The average Bonchev–Trinajstić information content (AvgIpc) is 3.00. The maximum atomic E-state index is 13.4. The summed E-state index contributed by atoms with van der Waals surface area (Å²) in [4.78, 5) is 5.96. The van der Waals surface area contributed by atoms with Crippen LogP contribution < -0.4 is 4.90 Å². The first-order chi connectivity index (χ1) is 12.4. The van der Waals surface area contributed by atoms with Gasteiger partial charge >= 0.3 is 0 Å². The lowest BCUT2D eigenvalue weighted by atomic mass is 10.1. The molecule has 0 unspecified atom stereocenters. The molecule has 2 heterocycles. The van der Waals surface area contributed by atoms with E-state index in [0.717, 1.165) is 5.39 Å². The van der Waals surface area contributed by atoms with Gasteiger partial charge in [-0.05, 0) is 30.7 Å². The molecule has 0 bridgehead atoms. The van der Waals surface area contributed by atoms with Crippen molar-refractivity contribution in [2.45, 2.75) is 31.2 Å². The molecule has 1 aliphatic rings. The van der Waals surface area contributed by atoms with Gasteiger partial charge in [-0.3, -0.25) is 4.98 Å². The molecule has 134 valence electrons. The summed E-state index contributed by atoms with van der Waals surface area (Å²) >= 11 is 0. The van der Waals surface area contributed by atoms with Gasteiger partial charge < -0.3 is 10.0 Å². The fourth-order valence-corrected chi connectivity index (χ4v) is 3.42. The Balaban J connectivity index is 1.61. The van der Waals surface area contributed by atoms with Gasteiger partial charge in [0.2, 0.25) is 5.92 Å². The standard InChI is InChI=1S/C19H18F2N4O/c1-25(13-6-7-19(20,21)11-13)18-5-4-15(23-24-18)14-9-12-3-2-8-22-16(12)10-17(14)26/h2-5,8-10,13,26H,6-7,11H2,1H3/t13-/m1/s1. The number of aromatic hydroxyl groups is 1. The molecule has 5 nitrogen and oxygen atoms in total. The van der Waals surface area contributed by atoms with Crippen LogP contribution in [0.1, 0.15) is 19.3 Å². The Kier molecular flexibility index (Phi) is 3.94. The third kappa shape index (κ3) is 3.05. The van der Waals surface area contributed by atoms with Crippen LogP contribution in [0.15, 0.2) is 42.6 Å². The summed E-state index contributed by atoms with van der Waals surface area (Å²) in [6.45, 7) is 0. The third-order valence-electron chi connectivity index (χ3n) is 4.93. The van der Waals surface area contributed by atoms with Crippen LogP contribution >= 0.6 is 0 Å². The second kappa shape index (κ2) is 6.16. The molecule has 7 heteroatoms. The van der Waals surface area contributed by atoms with E-state index in [1.807, 2.05) is 18.2 Å². The van der Waals surface area contributed by atoms with Crippen molar-refractivity contribution < 1.29 is 13.9 Å². The van der Waals surface area contributed by atoms with E-state index in [0.29, 0.717) is 29.0 Å². The van der Waals surface area contributed by atoms with Crippen LogP contribution in [0, 0.1) is 0 Å². The predicted molar refractivity (Wildman–Crippen MR) is 95.4 cm³/mol. The number of rotatable bonds is 3. The van der Waals surface area contributed by atoms with Gasteiger partial charge in [-0.15, -0.1) is 10.2 Å². The van der Waals surface area contributed by atoms with Gasteiger partial charge in [0, 0.05) is 49.1 Å². The first-order valence-corrected chi connectivity index (χ1v) is 8.45. The molecule has 3 aromatic rings. The minimum Gasteiger partial charge on any atom is -0.507 e. The van der Waals surface area contributed by atoms with E-state index in [1.165, 1.54) is 0 Å². The molecule has 0 aliphatic heterocycles. The van der Waals surface area contributed by atoms with Crippen molar-refractivity contribution in [1.82, 2.24) is 15.2 Å². The first-order valence-electron chi connectivity index (χ1n) is 8.45. The number of benzene rings is 1. The molecule has 2 aromatic heterocycles. The molecule has 0 saturated heterocycles. The average molecular weight is 356 g/mol. The van der Waals surface area contributed by atoms with E-state index in [1.54, 1.807) is 36.3 Å². The van der Waals surface area contributed by atoms with Gasteiger partial charge in [0.25, 0.3) is 0 Å². The topological polar surface area (TPSA) is 62.1 Å². The highest BCUT2D eigenvalue weighted by atomic mass is 19.3. The Morgan fingerprint density at radius 1 is 1.19 bits per heavy atom. The molecule has 1 aliphatic carbocycles. The van der Waals surface area contributed by atoms with Gasteiger partial charge in [0.1, 0.15) is 5.75 Å². The summed E-state index contributed by atoms with van der Waals surface area (Å²) in [5, 5.41) is 19.5. The Morgan fingerprint density at radius 2 is 2.04 bits per heavy atom. The normalized spacial score (nSPS) is 19.0.